The molecule has 0 atom stereocenters. The van der Waals surface area contributed by atoms with Crippen LogP contribution in [0.1, 0.15) is 10.4 Å². The number of thioether (sulfide) groups is 1. The quantitative estimate of drug-likeness (QED) is 0.642. The van der Waals surface area contributed by atoms with E-state index in [2.05, 4.69) is 5.32 Å². The Kier molecular flexibility index (Phi) is 4.53. The second-order valence-electron chi connectivity index (χ2n) is 2.80. The Morgan fingerprint density at radius 3 is 2.56 bits per heavy atom. The summed E-state index contributed by atoms with van der Waals surface area (Å²) < 4.78 is 0. The van der Waals surface area contributed by atoms with E-state index in [0.717, 1.165) is 18.0 Å². The highest BCUT2D eigenvalue weighted by molar-refractivity contribution is 8.02. The Balaban J connectivity index is 2.74. The van der Waals surface area contributed by atoms with Crippen LogP contribution in [0.5, 0.6) is 0 Å². The van der Waals surface area contributed by atoms with Crippen LogP contribution in [0.15, 0.2) is 41.6 Å². The first kappa shape index (κ1) is 12.3. The van der Waals surface area contributed by atoms with E-state index in [-0.39, 0.29) is 10.9 Å². The summed E-state index contributed by atoms with van der Waals surface area (Å²) in [6.45, 7) is 0. The molecule has 5 nitrogen and oxygen atoms in total. The number of benzene rings is 1. The average molecular weight is 238 g/mol. The number of carbonyl (C=O) groups is 1. The van der Waals surface area contributed by atoms with Crippen molar-refractivity contribution in [3.05, 3.63) is 57.2 Å². The van der Waals surface area contributed by atoms with Gasteiger partial charge in [0.25, 0.3) is 12.1 Å². The number of rotatable bonds is 4. The van der Waals surface area contributed by atoms with Crippen LogP contribution < -0.4 is 5.32 Å². The van der Waals surface area contributed by atoms with Gasteiger partial charge in [-0.15, -0.1) is 11.8 Å². The maximum atomic E-state index is 11.6. The van der Waals surface area contributed by atoms with Crippen molar-refractivity contribution in [1.29, 1.82) is 0 Å². The van der Waals surface area contributed by atoms with Gasteiger partial charge in [-0.25, -0.2) is 0 Å². The number of nitro groups is 1. The van der Waals surface area contributed by atoms with E-state index in [1.807, 2.05) is 0 Å². The lowest BCUT2D eigenvalue weighted by atomic mass is 10.2. The van der Waals surface area contributed by atoms with Crippen molar-refractivity contribution < 1.29 is 9.72 Å². The molecule has 0 bridgehead atoms. The minimum Gasteiger partial charge on any atom is -0.311 e. The minimum atomic E-state index is -0.600. The first-order valence-corrected chi connectivity index (χ1v) is 5.61. The van der Waals surface area contributed by atoms with Gasteiger partial charge in [0.05, 0.1) is 4.92 Å². The molecule has 0 aliphatic heterocycles. The number of amides is 1. The van der Waals surface area contributed by atoms with Crippen molar-refractivity contribution in [2.24, 2.45) is 0 Å². The summed E-state index contributed by atoms with van der Waals surface area (Å²) in [5, 5.41) is 12.9. The lowest BCUT2D eigenvalue weighted by molar-refractivity contribution is -0.403. The highest BCUT2D eigenvalue weighted by atomic mass is 32.2. The van der Waals surface area contributed by atoms with Gasteiger partial charge < -0.3 is 5.32 Å². The largest absolute Gasteiger partial charge is 0.311 e. The van der Waals surface area contributed by atoms with Crippen LogP contribution in [0.4, 0.5) is 0 Å². The summed E-state index contributed by atoms with van der Waals surface area (Å²) in [6, 6.07) is 8.52. The Bertz CT molecular complexity index is 417. The molecule has 6 heteroatoms. The van der Waals surface area contributed by atoms with Crippen molar-refractivity contribution >= 4 is 17.7 Å². The van der Waals surface area contributed by atoms with Crippen LogP contribution in [0.3, 0.4) is 0 Å². The highest BCUT2D eigenvalue weighted by Crippen LogP contribution is 2.09. The average Bonchev–Trinajstić information content (AvgIpc) is 2.28. The van der Waals surface area contributed by atoms with Gasteiger partial charge in [0.1, 0.15) is 5.03 Å². The molecular weight excluding hydrogens is 228 g/mol. The Hall–Kier alpha value is -1.82. The number of carbonyl (C=O) groups excluding carboxylic acids is 1. The zero-order valence-electron chi connectivity index (χ0n) is 8.54. The van der Waals surface area contributed by atoms with Gasteiger partial charge in [-0.2, -0.15) is 0 Å². The molecule has 0 aliphatic carbocycles. The lowest BCUT2D eigenvalue weighted by Gasteiger charge is -2.04. The third-order valence-corrected chi connectivity index (χ3v) is 2.36. The molecule has 0 spiro atoms. The third kappa shape index (κ3) is 3.74. The van der Waals surface area contributed by atoms with Crippen molar-refractivity contribution in [2.75, 3.05) is 6.26 Å². The van der Waals surface area contributed by atoms with Gasteiger partial charge in [-0.3, -0.25) is 14.9 Å². The fourth-order valence-electron chi connectivity index (χ4n) is 1.01. The van der Waals surface area contributed by atoms with Crippen LogP contribution in [0.2, 0.25) is 0 Å². The number of nitrogens with one attached hydrogen (secondary N) is 1. The summed E-state index contributed by atoms with van der Waals surface area (Å²) in [5.41, 5.74) is 0.464. The number of hydrogen-bond donors (Lipinski definition) is 1. The van der Waals surface area contributed by atoms with E-state index in [1.165, 1.54) is 0 Å². The molecule has 1 aromatic rings. The number of nitrogens with zero attached hydrogens (tertiary/aromatic N) is 1. The zero-order valence-corrected chi connectivity index (χ0v) is 9.36. The van der Waals surface area contributed by atoms with Crippen LogP contribution >= 0.6 is 11.8 Å². The highest BCUT2D eigenvalue weighted by Gasteiger charge is 2.08. The molecule has 0 unspecified atom stereocenters. The predicted molar refractivity (Wildman–Crippen MR) is 62.5 cm³/mol. The lowest BCUT2D eigenvalue weighted by Crippen LogP contribution is -2.21. The second kappa shape index (κ2) is 5.92. The fourth-order valence-corrected chi connectivity index (χ4v) is 1.39. The van der Waals surface area contributed by atoms with Crippen LogP contribution in [0.25, 0.3) is 0 Å². The van der Waals surface area contributed by atoms with Gasteiger partial charge in [-0.1, -0.05) is 18.2 Å². The summed E-state index contributed by atoms with van der Waals surface area (Å²) in [6.07, 6.45) is 2.42. The molecule has 84 valence electrons. The van der Waals surface area contributed by atoms with E-state index >= 15 is 0 Å². The maximum absolute atomic E-state index is 11.6. The first-order valence-electron chi connectivity index (χ1n) is 4.39. The second-order valence-corrected chi connectivity index (χ2v) is 3.65. The molecule has 16 heavy (non-hydrogen) atoms. The van der Waals surface area contributed by atoms with Crippen LogP contribution in [0, 0.1) is 10.1 Å². The van der Waals surface area contributed by atoms with Gasteiger partial charge in [0.15, 0.2) is 0 Å². The number of hydrogen-bond acceptors (Lipinski definition) is 4. The first-order chi connectivity index (χ1) is 7.63. The minimum absolute atomic E-state index is 0.207. The molecule has 1 amide bonds. The van der Waals surface area contributed by atoms with Gasteiger partial charge >= 0.3 is 0 Å². The van der Waals surface area contributed by atoms with Crippen molar-refractivity contribution in [1.82, 2.24) is 5.32 Å². The Morgan fingerprint density at radius 2 is 2.06 bits per heavy atom. The molecule has 0 aliphatic rings. The van der Waals surface area contributed by atoms with Crippen molar-refractivity contribution in [3.8, 4) is 0 Å². The van der Waals surface area contributed by atoms with Gasteiger partial charge in [0.2, 0.25) is 0 Å². The van der Waals surface area contributed by atoms with Crippen LogP contribution in [-0.4, -0.2) is 17.1 Å². The van der Waals surface area contributed by atoms with E-state index < -0.39 is 4.92 Å². The van der Waals surface area contributed by atoms with E-state index in [9.17, 15) is 14.9 Å². The summed E-state index contributed by atoms with van der Waals surface area (Å²) in [5.74, 6) is -0.358. The maximum Gasteiger partial charge on any atom is 0.264 e. The SMILES string of the molecule is CSC(=C[N+](=O)[O-])NC(=O)c1ccccc1. The molecule has 1 aromatic carbocycles. The Morgan fingerprint density at radius 1 is 1.44 bits per heavy atom. The predicted octanol–water partition coefficient (Wildman–Crippen LogP) is 1.85. The standard InChI is InChI=1S/C10H10N2O3S/c1-16-9(7-12(14)15)11-10(13)8-5-3-2-4-6-8/h2-7H,1H3,(H,11,13). The summed E-state index contributed by atoms with van der Waals surface area (Å²) >= 11 is 1.11. The normalized spacial score (nSPS) is 10.9. The van der Waals surface area contributed by atoms with E-state index in [4.69, 9.17) is 0 Å². The Labute approximate surface area is 96.7 Å². The van der Waals surface area contributed by atoms with E-state index in [1.54, 1.807) is 36.6 Å². The molecular formula is C10H10N2O3S. The summed E-state index contributed by atoms with van der Waals surface area (Å²) in [4.78, 5) is 21.3. The molecule has 0 saturated carbocycles. The molecule has 0 saturated heterocycles. The van der Waals surface area contributed by atoms with E-state index in [0.29, 0.717) is 5.56 Å². The molecule has 0 heterocycles. The molecule has 0 radical (unpaired) electrons. The fraction of sp³-hybridized carbons (Fsp3) is 0.100. The molecule has 0 aromatic heterocycles. The third-order valence-electron chi connectivity index (χ3n) is 1.72. The zero-order chi connectivity index (χ0) is 12.0. The molecule has 1 rings (SSSR count). The molecule has 0 fully saturated rings. The topological polar surface area (TPSA) is 72.2 Å². The van der Waals surface area contributed by atoms with Gasteiger partial charge in [-0.05, 0) is 18.4 Å². The van der Waals surface area contributed by atoms with Crippen molar-refractivity contribution in [3.63, 3.8) is 0 Å². The van der Waals surface area contributed by atoms with Crippen molar-refractivity contribution in [2.45, 2.75) is 0 Å². The van der Waals surface area contributed by atoms with Gasteiger partial charge in [0, 0.05) is 5.56 Å². The van der Waals surface area contributed by atoms with Crippen LogP contribution in [-0.2, 0) is 0 Å². The summed E-state index contributed by atoms with van der Waals surface area (Å²) in [7, 11) is 0. The molecule has 1 N–H and O–H groups in total. The smallest absolute Gasteiger partial charge is 0.264 e. The monoisotopic (exact) mass is 238 g/mol.